The maximum Gasteiger partial charge on any atom is 0.345 e. The van der Waals surface area contributed by atoms with Crippen LogP contribution in [-0.2, 0) is 9.53 Å². The smallest absolute Gasteiger partial charge is 0.345 e. The second kappa shape index (κ2) is 7.22. The third-order valence-electron chi connectivity index (χ3n) is 3.41. The fourth-order valence-electron chi connectivity index (χ4n) is 2.21. The molecule has 0 aliphatic rings. The van der Waals surface area contributed by atoms with Crippen molar-refractivity contribution in [2.45, 2.75) is 6.92 Å². The van der Waals surface area contributed by atoms with Gasteiger partial charge in [0.15, 0.2) is 5.58 Å². The Labute approximate surface area is 146 Å². The van der Waals surface area contributed by atoms with E-state index in [0.717, 1.165) is 24.3 Å². The number of aromatic hydroxyl groups is 1. The van der Waals surface area contributed by atoms with Crippen molar-refractivity contribution in [3.8, 4) is 5.75 Å². The maximum absolute atomic E-state index is 13.3. The molecule has 8 heteroatoms. The molecule has 0 saturated heterocycles. The van der Waals surface area contributed by atoms with Crippen LogP contribution in [0.5, 0.6) is 5.75 Å². The van der Waals surface area contributed by atoms with Crippen LogP contribution in [0.25, 0.3) is 16.7 Å². The van der Waals surface area contributed by atoms with E-state index in [1.54, 1.807) is 6.92 Å². The molecule has 0 saturated carbocycles. The van der Waals surface area contributed by atoms with Crippen LogP contribution in [0, 0.1) is 11.6 Å². The second-order valence-electron chi connectivity index (χ2n) is 5.22. The molecular formula is C18H14F2N2O4. The molecule has 1 aromatic heterocycles. The van der Waals surface area contributed by atoms with E-state index in [4.69, 9.17) is 9.15 Å². The molecule has 0 unspecified atom stereocenters. The summed E-state index contributed by atoms with van der Waals surface area (Å²) in [6, 6.07) is 7.06. The highest BCUT2D eigenvalue weighted by molar-refractivity contribution is 6.15. The van der Waals surface area contributed by atoms with Gasteiger partial charge in [-0.25, -0.2) is 18.6 Å². The molecule has 134 valence electrons. The molecule has 0 spiro atoms. The maximum atomic E-state index is 13.3. The monoisotopic (exact) mass is 360 g/mol. The lowest BCUT2D eigenvalue weighted by Gasteiger charge is -2.07. The molecule has 0 aliphatic carbocycles. The highest BCUT2D eigenvalue weighted by atomic mass is 19.1. The topological polar surface area (TPSA) is 84.6 Å². The number of benzene rings is 2. The molecule has 26 heavy (non-hydrogen) atoms. The number of fused-ring (bicyclic) bond motifs is 1. The molecule has 0 atom stereocenters. The number of oxazole rings is 1. The summed E-state index contributed by atoms with van der Waals surface area (Å²) in [6.45, 7) is 1.74. The summed E-state index contributed by atoms with van der Waals surface area (Å²) < 4.78 is 37.1. The lowest BCUT2D eigenvalue weighted by atomic mass is 10.2. The first-order valence-electron chi connectivity index (χ1n) is 7.66. The van der Waals surface area contributed by atoms with Crippen LogP contribution < -0.4 is 5.32 Å². The van der Waals surface area contributed by atoms with E-state index in [2.05, 4.69) is 10.3 Å². The van der Waals surface area contributed by atoms with E-state index in [1.165, 1.54) is 18.3 Å². The molecule has 3 aromatic rings. The Kier molecular flexibility index (Phi) is 4.83. The minimum Gasteiger partial charge on any atom is -0.506 e. The third kappa shape index (κ3) is 3.64. The van der Waals surface area contributed by atoms with E-state index in [0.29, 0.717) is 0 Å². The average molecular weight is 360 g/mol. The van der Waals surface area contributed by atoms with Gasteiger partial charge in [0, 0.05) is 18.3 Å². The number of hydrogen-bond donors (Lipinski definition) is 2. The summed E-state index contributed by atoms with van der Waals surface area (Å²) in [5.41, 5.74) is 0.440. The van der Waals surface area contributed by atoms with Crippen molar-refractivity contribution < 1.29 is 27.8 Å². The van der Waals surface area contributed by atoms with Gasteiger partial charge in [-0.1, -0.05) is 0 Å². The van der Waals surface area contributed by atoms with Crippen molar-refractivity contribution in [3.63, 3.8) is 0 Å². The molecule has 2 N–H and O–H groups in total. The van der Waals surface area contributed by atoms with Crippen molar-refractivity contribution in [2.24, 2.45) is 0 Å². The Morgan fingerprint density at radius 3 is 2.77 bits per heavy atom. The number of ether oxygens (including phenoxy) is 1. The molecule has 0 bridgehead atoms. The predicted molar refractivity (Wildman–Crippen MR) is 90.3 cm³/mol. The summed E-state index contributed by atoms with van der Waals surface area (Å²) in [4.78, 5) is 16.3. The highest BCUT2D eigenvalue weighted by Gasteiger charge is 2.20. The summed E-state index contributed by atoms with van der Waals surface area (Å²) in [6.07, 6.45) is 1.17. The summed E-state index contributed by atoms with van der Waals surface area (Å²) in [5, 5.41) is 12.4. The van der Waals surface area contributed by atoms with Crippen LogP contribution in [0.4, 0.5) is 14.5 Å². The minimum atomic E-state index is -0.747. The molecule has 2 aromatic carbocycles. The van der Waals surface area contributed by atoms with Crippen molar-refractivity contribution in [3.05, 3.63) is 60.1 Å². The Balaban J connectivity index is 2.00. The number of halogens is 2. The largest absolute Gasteiger partial charge is 0.506 e. The average Bonchev–Trinajstić information content (AvgIpc) is 3.01. The molecule has 0 radical (unpaired) electrons. The van der Waals surface area contributed by atoms with Crippen molar-refractivity contribution in [2.75, 3.05) is 11.9 Å². The first-order chi connectivity index (χ1) is 12.5. The second-order valence-corrected chi connectivity index (χ2v) is 5.22. The number of aromatic nitrogens is 1. The van der Waals surface area contributed by atoms with Crippen LogP contribution in [-0.4, -0.2) is 22.7 Å². The highest BCUT2D eigenvalue weighted by Crippen LogP contribution is 2.26. The molecule has 0 fully saturated rings. The van der Waals surface area contributed by atoms with Crippen LogP contribution in [0.2, 0.25) is 0 Å². The lowest BCUT2D eigenvalue weighted by molar-refractivity contribution is -0.136. The third-order valence-corrected chi connectivity index (χ3v) is 3.41. The summed E-state index contributed by atoms with van der Waals surface area (Å²) >= 11 is 0. The zero-order valence-corrected chi connectivity index (χ0v) is 13.6. The van der Waals surface area contributed by atoms with E-state index in [-0.39, 0.29) is 40.6 Å². The number of nitrogens with one attached hydrogen (secondary N) is 1. The molecular weight excluding hydrogens is 346 g/mol. The van der Waals surface area contributed by atoms with Crippen molar-refractivity contribution in [1.82, 2.24) is 4.98 Å². The van der Waals surface area contributed by atoms with Gasteiger partial charge in [0.1, 0.15) is 28.5 Å². The fourth-order valence-corrected chi connectivity index (χ4v) is 2.21. The van der Waals surface area contributed by atoms with Crippen LogP contribution in [0.15, 0.2) is 47.0 Å². The number of rotatable bonds is 5. The Bertz CT molecular complexity index is 998. The fraction of sp³-hybridized carbons (Fsp3) is 0.111. The van der Waals surface area contributed by atoms with Gasteiger partial charge >= 0.3 is 5.97 Å². The Morgan fingerprint density at radius 1 is 1.27 bits per heavy atom. The van der Waals surface area contributed by atoms with E-state index < -0.39 is 17.6 Å². The van der Waals surface area contributed by atoms with Crippen molar-refractivity contribution in [1.29, 1.82) is 0 Å². The van der Waals surface area contributed by atoms with Gasteiger partial charge in [-0.3, -0.25) is 0 Å². The molecule has 1 heterocycles. The van der Waals surface area contributed by atoms with Gasteiger partial charge in [-0.05, 0) is 31.2 Å². The van der Waals surface area contributed by atoms with Gasteiger partial charge in [0.25, 0.3) is 0 Å². The SMILES string of the molecule is CCOC(=O)/C(=C/Nc1cc(F)ccc1O)c1nc2cc(F)ccc2o1. The first-order valence-corrected chi connectivity index (χ1v) is 7.66. The predicted octanol–water partition coefficient (Wildman–Crippen LogP) is 3.83. The number of hydrogen-bond acceptors (Lipinski definition) is 6. The molecule has 0 amide bonds. The zero-order valence-electron chi connectivity index (χ0n) is 13.6. The number of anilines is 1. The molecule has 6 nitrogen and oxygen atoms in total. The zero-order chi connectivity index (χ0) is 18.7. The number of phenols is 1. The summed E-state index contributed by atoms with van der Waals surface area (Å²) in [5.74, 6) is -2.14. The number of esters is 1. The first kappa shape index (κ1) is 17.4. The molecule has 3 rings (SSSR count). The lowest BCUT2D eigenvalue weighted by Crippen LogP contribution is -2.09. The number of carbonyl (C=O) groups excluding carboxylic acids is 1. The van der Waals surface area contributed by atoms with Crippen LogP contribution >= 0.6 is 0 Å². The van der Waals surface area contributed by atoms with E-state index in [1.807, 2.05) is 0 Å². The Hall–Kier alpha value is -3.42. The van der Waals surface area contributed by atoms with E-state index in [9.17, 15) is 18.7 Å². The number of phenolic OH excluding ortho intramolecular Hbond substituents is 1. The van der Waals surface area contributed by atoms with Crippen molar-refractivity contribution >= 4 is 28.3 Å². The van der Waals surface area contributed by atoms with Gasteiger partial charge < -0.3 is 19.6 Å². The van der Waals surface area contributed by atoms with E-state index >= 15 is 0 Å². The number of nitrogens with zero attached hydrogens (tertiary/aromatic N) is 1. The van der Waals surface area contributed by atoms with Gasteiger partial charge in [-0.2, -0.15) is 0 Å². The molecule has 0 aliphatic heterocycles. The van der Waals surface area contributed by atoms with Gasteiger partial charge in [0.05, 0.1) is 12.3 Å². The number of carbonyl (C=O) groups is 1. The quantitative estimate of drug-likeness (QED) is 0.409. The Morgan fingerprint density at radius 2 is 2.00 bits per heavy atom. The van der Waals surface area contributed by atoms with Gasteiger partial charge in [-0.15, -0.1) is 0 Å². The van der Waals surface area contributed by atoms with Crippen LogP contribution in [0.1, 0.15) is 12.8 Å². The summed E-state index contributed by atoms with van der Waals surface area (Å²) in [7, 11) is 0. The minimum absolute atomic E-state index is 0.0361. The normalized spacial score (nSPS) is 11.6. The van der Waals surface area contributed by atoms with Gasteiger partial charge in [0.2, 0.25) is 5.89 Å². The standard InChI is InChI=1S/C18H14F2N2O4/c1-2-25-18(24)12(9-21-13-7-10(19)3-5-15(13)23)17-22-14-8-11(20)4-6-16(14)26-17/h3-9,21,23H,2H2,1H3/b12-9+. The van der Waals surface area contributed by atoms with Crippen LogP contribution in [0.3, 0.4) is 0 Å².